The van der Waals surface area contributed by atoms with Crippen molar-refractivity contribution in [2.45, 2.75) is 20.0 Å². The van der Waals surface area contributed by atoms with Gasteiger partial charge in [-0.1, -0.05) is 12.6 Å². The van der Waals surface area contributed by atoms with E-state index in [4.69, 9.17) is 0 Å². The molecule has 7 heteroatoms. The number of carbonyl (C=O) groups is 2. The summed E-state index contributed by atoms with van der Waals surface area (Å²) >= 11 is 0. The Bertz CT molecular complexity index is 723. The molecule has 0 fully saturated rings. The second kappa shape index (κ2) is 7.35. The molecule has 2 rings (SSSR count). The molecule has 0 aliphatic carbocycles. The first-order valence-electron chi connectivity index (χ1n) is 7.24. The molecule has 120 valence electrons. The predicted molar refractivity (Wildman–Crippen MR) is 86.9 cm³/mol. The topological polar surface area (TPSA) is 80.1 Å². The summed E-state index contributed by atoms with van der Waals surface area (Å²) in [7, 11) is 1.56. The highest BCUT2D eigenvalue weighted by Gasteiger charge is 2.17. The van der Waals surface area contributed by atoms with E-state index < -0.39 is 0 Å². The minimum atomic E-state index is -0.273. The van der Waals surface area contributed by atoms with Gasteiger partial charge < -0.3 is 10.2 Å². The van der Waals surface area contributed by atoms with E-state index in [0.29, 0.717) is 23.5 Å². The summed E-state index contributed by atoms with van der Waals surface area (Å²) < 4.78 is 0. The number of hydrogen-bond acceptors (Lipinski definition) is 4. The largest absolute Gasteiger partial charge is 0.355 e. The first-order chi connectivity index (χ1) is 11.1. The maximum absolute atomic E-state index is 12.2. The molecule has 2 aromatic rings. The van der Waals surface area contributed by atoms with Crippen molar-refractivity contribution in [2.75, 3.05) is 11.9 Å². The number of anilines is 1. The highest BCUT2D eigenvalue weighted by atomic mass is 16.2. The fraction of sp³-hybridized carbons (Fsp3) is 0.250. The van der Waals surface area contributed by atoms with Crippen LogP contribution in [-0.4, -0.2) is 33.9 Å². The molecule has 7 nitrogen and oxygen atoms in total. The summed E-state index contributed by atoms with van der Waals surface area (Å²) in [6.45, 7) is 6.37. The van der Waals surface area contributed by atoms with Gasteiger partial charge in [-0.15, -0.1) is 0 Å². The Hall–Kier alpha value is -2.96. The molecule has 0 aliphatic rings. The van der Waals surface area contributed by atoms with Crippen LogP contribution in [0.4, 0.5) is 5.69 Å². The lowest BCUT2D eigenvalue weighted by Gasteiger charge is -2.20. The molecule has 1 heterocycles. The highest BCUT2D eigenvalue weighted by Crippen LogP contribution is 2.19. The molecule has 0 spiro atoms. The standard InChI is InChI=1S/C16H19N5O2/c1-4-15(22)20(11-13-10-18-21(5-2)19-13)14-8-6-7-12(9-14)16(23)17-3/h4,6-10H,1,5,11H2,2-3H3,(H,17,23). The maximum atomic E-state index is 12.2. The number of carbonyl (C=O) groups excluding carboxylic acids is 2. The number of nitrogens with zero attached hydrogens (tertiary/aromatic N) is 4. The van der Waals surface area contributed by atoms with Crippen LogP contribution >= 0.6 is 0 Å². The van der Waals surface area contributed by atoms with Gasteiger partial charge in [0.2, 0.25) is 0 Å². The van der Waals surface area contributed by atoms with E-state index in [1.165, 1.54) is 11.0 Å². The third kappa shape index (κ3) is 3.82. The molecule has 0 atom stereocenters. The van der Waals surface area contributed by atoms with Crippen LogP contribution in [0.15, 0.2) is 43.1 Å². The Morgan fingerprint density at radius 1 is 1.43 bits per heavy atom. The van der Waals surface area contributed by atoms with Crippen LogP contribution in [0.5, 0.6) is 0 Å². The Balaban J connectivity index is 2.33. The van der Waals surface area contributed by atoms with Gasteiger partial charge in [-0.2, -0.15) is 15.0 Å². The van der Waals surface area contributed by atoms with Gasteiger partial charge in [-0.25, -0.2) is 0 Å². The van der Waals surface area contributed by atoms with E-state index in [2.05, 4.69) is 22.1 Å². The summed E-state index contributed by atoms with van der Waals surface area (Å²) in [5.41, 5.74) is 1.73. The van der Waals surface area contributed by atoms with Crippen molar-refractivity contribution in [3.05, 3.63) is 54.4 Å². The maximum Gasteiger partial charge on any atom is 0.251 e. The zero-order valence-corrected chi connectivity index (χ0v) is 13.2. The lowest BCUT2D eigenvalue weighted by molar-refractivity contribution is -0.114. The van der Waals surface area contributed by atoms with Gasteiger partial charge in [0.1, 0.15) is 5.69 Å². The van der Waals surface area contributed by atoms with E-state index in [0.717, 1.165) is 0 Å². The minimum absolute atomic E-state index is 0.213. The van der Waals surface area contributed by atoms with Crippen molar-refractivity contribution in [3.8, 4) is 0 Å². The second-order valence-electron chi connectivity index (χ2n) is 4.78. The van der Waals surface area contributed by atoms with Gasteiger partial charge in [0.15, 0.2) is 0 Å². The summed E-state index contributed by atoms with van der Waals surface area (Å²) in [6, 6.07) is 6.83. The van der Waals surface area contributed by atoms with Crippen molar-refractivity contribution in [3.63, 3.8) is 0 Å². The summed E-state index contributed by atoms with van der Waals surface area (Å²) in [5, 5.41) is 10.9. The Morgan fingerprint density at radius 3 is 2.83 bits per heavy atom. The van der Waals surface area contributed by atoms with Crippen molar-refractivity contribution >= 4 is 17.5 Å². The van der Waals surface area contributed by atoms with E-state index in [9.17, 15) is 9.59 Å². The zero-order valence-electron chi connectivity index (χ0n) is 13.2. The predicted octanol–water partition coefficient (Wildman–Crippen LogP) is 1.38. The molecule has 0 saturated heterocycles. The number of amides is 2. The number of hydrogen-bond donors (Lipinski definition) is 1. The van der Waals surface area contributed by atoms with Gasteiger partial charge in [0, 0.05) is 18.3 Å². The van der Waals surface area contributed by atoms with Crippen molar-refractivity contribution in [1.29, 1.82) is 0 Å². The first-order valence-corrected chi connectivity index (χ1v) is 7.24. The molecular weight excluding hydrogens is 294 g/mol. The summed E-state index contributed by atoms with van der Waals surface area (Å²) in [6.07, 6.45) is 2.85. The average Bonchev–Trinajstić information content (AvgIpc) is 3.06. The molecule has 1 N–H and O–H groups in total. The molecule has 0 radical (unpaired) electrons. The molecule has 1 aromatic heterocycles. The van der Waals surface area contributed by atoms with Crippen LogP contribution in [0.3, 0.4) is 0 Å². The molecule has 2 amide bonds. The third-order valence-electron chi connectivity index (χ3n) is 3.27. The first kappa shape index (κ1) is 16.4. The van der Waals surface area contributed by atoms with Gasteiger partial charge in [0.25, 0.3) is 11.8 Å². The van der Waals surface area contributed by atoms with Crippen molar-refractivity contribution < 1.29 is 9.59 Å². The number of benzene rings is 1. The van der Waals surface area contributed by atoms with Crippen LogP contribution in [-0.2, 0) is 17.9 Å². The molecule has 1 aromatic carbocycles. The third-order valence-corrected chi connectivity index (χ3v) is 3.27. The van der Waals surface area contributed by atoms with Gasteiger partial charge >= 0.3 is 0 Å². The smallest absolute Gasteiger partial charge is 0.251 e. The number of nitrogens with one attached hydrogen (secondary N) is 1. The quantitative estimate of drug-likeness (QED) is 0.817. The molecule has 23 heavy (non-hydrogen) atoms. The van der Waals surface area contributed by atoms with Crippen molar-refractivity contribution in [1.82, 2.24) is 20.3 Å². The average molecular weight is 313 g/mol. The summed E-state index contributed by atoms with van der Waals surface area (Å²) in [5.74, 6) is -0.486. The monoisotopic (exact) mass is 313 g/mol. The fourth-order valence-corrected chi connectivity index (χ4v) is 2.09. The Kier molecular flexibility index (Phi) is 5.24. The van der Waals surface area contributed by atoms with Crippen LogP contribution < -0.4 is 10.2 Å². The molecular formula is C16H19N5O2. The molecule has 0 aliphatic heterocycles. The van der Waals surface area contributed by atoms with E-state index in [-0.39, 0.29) is 18.4 Å². The highest BCUT2D eigenvalue weighted by molar-refractivity contribution is 6.02. The number of rotatable bonds is 6. The Morgan fingerprint density at radius 2 is 2.22 bits per heavy atom. The van der Waals surface area contributed by atoms with E-state index >= 15 is 0 Å². The van der Waals surface area contributed by atoms with Crippen molar-refractivity contribution in [2.24, 2.45) is 0 Å². The lowest BCUT2D eigenvalue weighted by atomic mass is 10.1. The molecule has 0 bridgehead atoms. The summed E-state index contributed by atoms with van der Waals surface area (Å²) in [4.78, 5) is 27.0. The van der Waals surface area contributed by atoms with Crippen LogP contribution in [0.2, 0.25) is 0 Å². The van der Waals surface area contributed by atoms with Gasteiger partial charge in [-0.05, 0) is 31.2 Å². The fourth-order valence-electron chi connectivity index (χ4n) is 2.09. The van der Waals surface area contributed by atoms with Crippen LogP contribution in [0, 0.1) is 0 Å². The Labute approximate surface area is 134 Å². The molecule has 0 saturated carbocycles. The lowest BCUT2D eigenvalue weighted by Crippen LogP contribution is -2.29. The molecule has 0 unspecified atom stereocenters. The minimum Gasteiger partial charge on any atom is -0.355 e. The van der Waals surface area contributed by atoms with Gasteiger partial charge in [0.05, 0.1) is 19.3 Å². The van der Waals surface area contributed by atoms with E-state index in [1.807, 2.05) is 6.92 Å². The normalized spacial score (nSPS) is 10.2. The second-order valence-corrected chi connectivity index (χ2v) is 4.78. The number of aromatic nitrogens is 3. The van der Waals surface area contributed by atoms with Crippen LogP contribution in [0.25, 0.3) is 0 Å². The van der Waals surface area contributed by atoms with Crippen LogP contribution in [0.1, 0.15) is 23.0 Å². The van der Waals surface area contributed by atoms with E-state index in [1.54, 1.807) is 42.3 Å². The SMILES string of the molecule is C=CC(=O)N(Cc1cnn(CC)n1)c1cccc(C(=O)NC)c1. The zero-order chi connectivity index (χ0) is 16.8. The number of aryl methyl sites for hydroxylation is 1. The van der Waals surface area contributed by atoms with Gasteiger partial charge in [-0.3, -0.25) is 9.59 Å².